The van der Waals surface area contributed by atoms with Crippen LogP contribution in [0, 0.1) is 13.8 Å². The van der Waals surface area contributed by atoms with E-state index in [2.05, 4.69) is 5.32 Å². The molecule has 0 unspecified atom stereocenters. The molecule has 0 spiro atoms. The number of aryl methyl sites for hydroxylation is 2. The van der Waals surface area contributed by atoms with Crippen molar-refractivity contribution in [2.75, 3.05) is 23.9 Å². The van der Waals surface area contributed by atoms with Gasteiger partial charge in [-0.2, -0.15) is 0 Å². The topological polar surface area (TPSA) is 75.7 Å². The lowest BCUT2D eigenvalue weighted by Crippen LogP contribution is -2.39. The Morgan fingerprint density at radius 1 is 1.17 bits per heavy atom. The summed E-state index contributed by atoms with van der Waals surface area (Å²) in [6.07, 6.45) is 4.80. The predicted octanol–water partition coefficient (Wildman–Crippen LogP) is 3.70. The molecule has 0 bridgehead atoms. The Kier molecular flexibility index (Phi) is 9.01. The van der Waals surface area contributed by atoms with Crippen LogP contribution >= 0.6 is 11.8 Å². The molecule has 1 fully saturated rings. The Labute approximate surface area is 177 Å². The maximum absolute atomic E-state index is 12.3. The first kappa shape index (κ1) is 23.3. The first-order chi connectivity index (χ1) is 13.8. The molecule has 1 aliphatic carbocycles. The number of carbonyl (C=O) groups excluding carboxylic acids is 3. The van der Waals surface area contributed by atoms with Crippen LogP contribution < -0.4 is 5.32 Å². The van der Waals surface area contributed by atoms with Crippen molar-refractivity contribution in [3.63, 3.8) is 0 Å². The van der Waals surface area contributed by atoms with Crippen molar-refractivity contribution in [2.45, 2.75) is 65.0 Å². The summed E-state index contributed by atoms with van der Waals surface area (Å²) in [5, 5.41) is 2.78. The predicted molar refractivity (Wildman–Crippen MR) is 117 cm³/mol. The molecule has 1 saturated carbocycles. The van der Waals surface area contributed by atoms with Crippen LogP contribution in [0.15, 0.2) is 18.2 Å². The third-order valence-corrected chi connectivity index (χ3v) is 6.17. The van der Waals surface area contributed by atoms with Gasteiger partial charge >= 0.3 is 5.97 Å². The highest BCUT2D eigenvalue weighted by atomic mass is 32.2. The average molecular weight is 421 g/mol. The van der Waals surface area contributed by atoms with E-state index in [4.69, 9.17) is 4.74 Å². The number of hydrogen-bond acceptors (Lipinski definition) is 5. The number of nitrogens with zero attached hydrogens (tertiary/aromatic N) is 1. The van der Waals surface area contributed by atoms with E-state index in [9.17, 15) is 14.4 Å². The minimum Gasteiger partial charge on any atom is -0.452 e. The summed E-state index contributed by atoms with van der Waals surface area (Å²) in [5.41, 5.74) is 2.77. The summed E-state index contributed by atoms with van der Waals surface area (Å²) in [7, 11) is 1.84. The number of carbonyl (C=O) groups is 3. The number of ether oxygens (including phenoxy) is 1. The minimum absolute atomic E-state index is 0.0373. The first-order valence-corrected chi connectivity index (χ1v) is 11.3. The molecule has 0 heterocycles. The van der Waals surface area contributed by atoms with Crippen LogP contribution in [0.2, 0.25) is 0 Å². The Morgan fingerprint density at radius 3 is 2.52 bits per heavy atom. The lowest BCUT2D eigenvalue weighted by atomic mass is 9.94. The quantitative estimate of drug-likeness (QED) is 0.649. The molecule has 1 aromatic carbocycles. The molecular formula is C22H32N2O4S. The fourth-order valence-electron chi connectivity index (χ4n) is 3.47. The number of hydrogen-bond donors (Lipinski definition) is 1. The van der Waals surface area contributed by atoms with Crippen LogP contribution in [-0.2, 0) is 19.1 Å². The van der Waals surface area contributed by atoms with E-state index in [1.54, 1.807) is 6.92 Å². The number of nitrogens with one attached hydrogen (secondary N) is 1. The van der Waals surface area contributed by atoms with E-state index in [1.807, 2.05) is 44.0 Å². The number of thioether (sulfide) groups is 1. The highest BCUT2D eigenvalue weighted by Crippen LogP contribution is 2.22. The monoisotopic (exact) mass is 420 g/mol. The summed E-state index contributed by atoms with van der Waals surface area (Å²) in [5.74, 6) is -0.540. The number of esters is 1. The van der Waals surface area contributed by atoms with Crippen molar-refractivity contribution in [2.24, 2.45) is 0 Å². The molecular weight excluding hydrogens is 388 g/mol. The molecule has 2 amide bonds. The number of amides is 2. The van der Waals surface area contributed by atoms with Gasteiger partial charge in [-0.25, -0.2) is 0 Å². The number of anilines is 1. The van der Waals surface area contributed by atoms with Gasteiger partial charge in [-0.3, -0.25) is 14.4 Å². The van der Waals surface area contributed by atoms with Crippen LogP contribution in [0.5, 0.6) is 0 Å². The molecule has 0 aliphatic heterocycles. The van der Waals surface area contributed by atoms with E-state index in [0.717, 1.165) is 24.0 Å². The second-order valence-corrected chi connectivity index (χ2v) is 8.71. The van der Waals surface area contributed by atoms with Gasteiger partial charge in [0, 0.05) is 18.8 Å². The fraction of sp³-hybridized carbons (Fsp3) is 0.591. The highest BCUT2D eigenvalue weighted by Gasteiger charge is 2.23. The van der Waals surface area contributed by atoms with Crippen LogP contribution in [0.4, 0.5) is 5.69 Å². The average Bonchev–Trinajstić information content (AvgIpc) is 2.69. The van der Waals surface area contributed by atoms with Crippen molar-refractivity contribution in [3.05, 3.63) is 29.3 Å². The van der Waals surface area contributed by atoms with Gasteiger partial charge < -0.3 is 15.0 Å². The van der Waals surface area contributed by atoms with Crippen LogP contribution in [-0.4, -0.2) is 53.4 Å². The van der Waals surface area contributed by atoms with Crippen molar-refractivity contribution >= 4 is 35.2 Å². The van der Waals surface area contributed by atoms with E-state index in [-0.39, 0.29) is 23.3 Å². The zero-order valence-electron chi connectivity index (χ0n) is 17.8. The third kappa shape index (κ3) is 7.38. The van der Waals surface area contributed by atoms with Crippen molar-refractivity contribution in [3.8, 4) is 0 Å². The van der Waals surface area contributed by atoms with Gasteiger partial charge in [0.15, 0.2) is 6.10 Å². The van der Waals surface area contributed by atoms with Gasteiger partial charge in [0.1, 0.15) is 0 Å². The standard InChI is InChI=1S/C22H32N2O4S/c1-15-10-11-19(16(2)12-15)23-22(27)17(3)28-21(26)14-29-13-20(25)24(4)18-8-6-5-7-9-18/h10-12,17-18H,5-9,13-14H2,1-4H3,(H,23,27)/t17-/m0/s1. The van der Waals surface area contributed by atoms with Crippen molar-refractivity contribution in [1.82, 2.24) is 4.90 Å². The Morgan fingerprint density at radius 2 is 1.86 bits per heavy atom. The van der Waals surface area contributed by atoms with Gasteiger partial charge in [-0.05, 0) is 45.2 Å². The molecule has 2 rings (SSSR count). The van der Waals surface area contributed by atoms with Crippen LogP contribution in [0.3, 0.4) is 0 Å². The van der Waals surface area contributed by atoms with E-state index >= 15 is 0 Å². The van der Waals surface area contributed by atoms with Gasteiger partial charge in [0.2, 0.25) is 5.91 Å². The lowest BCUT2D eigenvalue weighted by molar-refractivity contribution is -0.150. The normalized spacial score (nSPS) is 15.4. The van der Waals surface area contributed by atoms with Crippen LogP contribution in [0.25, 0.3) is 0 Å². The molecule has 1 aliphatic rings. The van der Waals surface area contributed by atoms with E-state index in [0.29, 0.717) is 11.7 Å². The maximum atomic E-state index is 12.3. The summed E-state index contributed by atoms with van der Waals surface area (Å²) in [6.45, 7) is 5.44. The smallest absolute Gasteiger partial charge is 0.316 e. The van der Waals surface area contributed by atoms with Gasteiger partial charge in [0.25, 0.3) is 5.91 Å². The number of rotatable bonds is 8. The highest BCUT2D eigenvalue weighted by molar-refractivity contribution is 8.00. The molecule has 160 valence electrons. The minimum atomic E-state index is -0.899. The Bertz CT molecular complexity index is 732. The van der Waals surface area contributed by atoms with Gasteiger partial charge in [0.05, 0.1) is 11.5 Å². The molecule has 0 aromatic heterocycles. The summed E-state index contributed by atoms with van der Waals surface area (Å²) >= 11 is 1.23. The van der Waals surface area contributed by atoms with E-state index < -0.39 is 12.1 Å². The maximum Gasteiger partial charge on any atom is 0.316 e. The van der Waals surface area contributed by atoms with E-state index in [1.165, 1.54) is 31.0 Å². The third-order valence-electron chi connectivity index (χ3n) is 5.28. The lowest BCUT2D eigenvalue weighted by Gasteiger charge is -2.31. The molecule has 1 atom stereocenters. The number of benzene rings is 1. The molecule has 6 nitrogen and oxygen atoms in total. The van der Waals surface area contributed by atoms with Crippen molar-refractivity contribution in [1.29, 1.82) is 0 Å². The largest absolute Gasteiger partial charge is 0.452 e. The zero-order chi connectivity index (χ0) is 21.4. The Balaban J connectivity index is 1.70. The van der Waals surface area contributed by atoms with Gasteiger partial charge in [-0.1, -0.05) is 37.0 Å². The van der Waals surface area contributed by atoms with Crippen molar-refractivity contribution < 1.29 is 19.1 Å². The fourth-order valence-corrected chi connectivity index (χ4v) is 4.18. The molecule has 7 heteroatoms. The summed E-state index contributed by atoms with van der Waals surface area (Å²) in [4.78, 5) is 38.4. The van der Waals surface area contributed by atoms with Crippen LogP contribution in [0.1, 0.15) is 50.2 Å². The zero-order valence-corrected chi connectivity index (χ0v) is 18.6. The van der Waals surface area contributed by atoms with Gasteiger partial charge in [-0.15, -0.1) is 11.8 Å². The second-order valence-electron chi connectivity index (χ2n) is 7.73. The molecule has 0 saturated heterocycles. The molecule has 0 radical (unpaired) electrons. The molecule has 1 N–H and O–H groups in total. The summed E-state index contributed by atoms with van der Waals surface area (Å²) < 4.78 is 5.21. The molecule has 29 heavy (non-hydrogen) atoms. The molecule has 1 aromatic rings. The Hall–Kier alpha value is -2.02. The summed E-state index contributed by atoms with van der Waals surface area (Å²) in [6, 6.07) is 6.04. The second kappa shape index (κ2) is 11.2. The first-order valence-electron chi connectivity index (χ1n) is 10.2. The SMILES string of the molecule is Cc1ccc(NC(=O)[C@H](C)OC(=O)CSCC(=O)N(C)C2CCCCC2)c(C)c1.